The molecule has 0 radical (unpaired) electrons. The van der Waals surface area contributed by atoms with Gasteiger partial charge in [-0.2, -0.15) is 13.2 Å². The van der Waals surface area contributed by atoms with E-state index in [1.165, 1.54) is 22.3 Å². The number of nitro benzene ring substituents is 1. The van der Waals surface area contributed by atoms with Gasteiger partial charge in [-0.3, -0.25) is 14.9 Å². The molecule has 2 aromatic heterocycles. The van der Waals surface area contributed by atoms with Gasteiger partial charge in [0.15, 0.2) is 0 Å². The van der Waals surface area contributed by atoms with Crippen LogP contribution in [0, 0.1) is 10.1 Å². The zero-order valence-electron chi connectivity index (χ0n) is 17.7. The molecule has 5 rings (SSSR count). The molecule has 180 valence electrons. The molecule has 2 heterocycles. The maximum absolute atomic E-state index is 13.0. The monoisotopic (exact) mass is 565 g/mol. The SMILES string of the molecule is O=c1[nH]c(-c2ccc(Oc3ccc(C(F)(F)F)cc3[N+](=O)[O-])c(Br)c2)nc2sc3c(c12)CCCC3. The van der Waals surface area contributed by atoms with Crippen molar-refractivity contribution in [1.29, 1.82) is 0 Å². The van der Waals surface area contributed by atoms with E-state index >= 15 is 0 Å². The number of nitrogens with zero attached hydrogens (tertiary/aromatic N) is 2. The summed E-state index contributed by atoms with van der Waals surface area (Å²) in [6.45, 7) is 0. The molecule has 4 aromatic rings. The lowest BCUT2D eigenvalue weighted by molar-refractivity contribution is -0.385. The summed E-state index contributed by atoms with van der Waals surface area (Å²) in [7, 11) is 0. The highest BCUT2D eigenvalue weighted by Crippen LogP contribution is 2.40. The third-order valence-electron chi connectivity index (χ3n) is 5.73. The second kappa shape index (κ2) is 8.76. The smallest absolute Gasteiger partial charge is 0.416 e. The third-order valence-corrected chi connectivity index (χ3v) is 7.54. The van der Waals surface area contributed by atoms with E-state index in [0.717, 1.165) is 43.4 Å². The molecule has 0 unspecified atom stereocenters. The fourth-order valence-electron chi connectivity index (χ4n) is 4.07. The maximum Gasteiger partial charge on any atom is 0.416 e. The summed E-state index contributed by atoms with van der Waals surface area (Å²) in [4.78, 5) is 32.6. The van der Waals surface area contributed by atoms with Gasteiger partial charge in [0.2, 0.25) is 5.75 Å². The molecule has 0 fully saturated rings. The minimum absolute atomic E-state index is 0.145. The van der Waals surface area contributed by atoms with Crippen LogP contribution in [0.3, 0.4) is 0 Å². The van der Waals surface area contributed by atoms with Gasteiger partial charge in [0, 0.05) is 16.5 Å². The summed E-state index contributed by atoms with van der Waals surface area (Å²) >= 11 is 4.86. The van der Waals surface area contributed by atoms with Crippen LogP contribution in [0.5, 0.6) is 11.5 Å². The van der Waals surface area contributed by atoms with E-state index in [1.807, 2.05) is 0 Å². The zero-order chi connectivity index (χ0) is 24.9. The number of fused-ring (bicyclic) bond motifs is 3. The Kier molecular flexibility index (Phi) is 5.88. The summed E-state index contributed by atoms with van der Waals surface area (Å²) < 4.78 is 44.8. The molecular weight excluding hydrogens is 551 g/mol. The Labute approximate surface area is 207 Å². The van der Waals surface area contributed by atoms with Gasteiger partial charge in [0.1, 0.15) is 16.4 Å². The highest BCUT2D eigenvalue weighted by atomic mass is 79.9. The van der Waals surface area contributed by atoms with E-state index in [-0.39, 0.29) is 17.1 Å². The first-order valence-corrected chi connectivity index (χ1v) is 12.1. The van der Waals surface area contributed by atoms with Crippen LogP contribution in [-0.4, -0.2) is 14.9 Å². The van der Waals surface area contributed by atoms with Crippen molar-refractivity contribution in [1.82, 2.24) is 9.97 Å². The van der Waals surface area contributed by atoms with Gasteiger partial charge >= 0.3 is 11.9 Å². The standard InChI is InChI=1S/C23H15BrF3N3O4S/c24-14-9-11(20-28-21(31)19-13-3-1-2-4-18(13)35-22(19)29-20)5-7-16(14)34-17-8-6-12(23(25,26)27)10-15(17)30(32)33/h5-10H,1-4H2,(H,28,29,31). The van der Waals surface area contributed by atoms with Crippen molar-refractivity contribution in [3.63, 3.8) is 0 Å². The Morgan fingerprint density at radius 1 is 1.11 bits per heavy atom. The zero-order valence-corrected chi connectivity index (χ0v) is 20.1. The lowest BCUT2D eigenvalue weighted by atomic mass is 9.97. The number of halogens is 4. The summed E-state index contributed by atoms with van der Waals surface area (Å²) in [6.07, 6.45) is -0.772. The number of hydrogen-bond donors (Lipinski definition) is 1. The van der Waals surface area contributed by atoms with E-state index in [9.17, 15) is 28.1 Å². The maximum atomic E-state index is 13.0. The van der Waals surface area contributed by atoms with Crippen LogP contribution < -0.4 is 10.3 Å². The van der Waals surface area contributed by atoms with Gasteiger partial charge in [0.05, 0.1) is 20.3 Å². The molecule has 0 spiro atoms. The summed E-state index contributed by atoms with van der Waals surface area (Å²) in [5, 5.41) is 12.0. The number of aromatic nitrogens is 2. The number of alkyl halides is 3. The molecule has 0 saturated carbocycles. The van der Waals surface area contributed by atoms with Crippen LogP contribution in [0.25, 0.3) is 21.6 Å². The molecule has 0 bridgehead atoms. The predicted molar refractivity (Wildman–Crippen MR) is 128 cm³/mol. The van der Waals surface area contributed by atoms with Crippen molar-refractivity contribution in [2.75, 3.05) is 0 Å². The van der Waals surface area contributed by atoms with Crippen LogP contribution in [-0.2, 0) is 19.0 Å². The number of hydrogen-bond acceptors (Lipinski definition) is 6. The van der Waals surface area contributed by atoms with E-state index < -0.39 is 22.4 Å². The number of aryl methyl sites for hydroxylation is 2. The molecule has 1 aliphatic carbocycles. The van der Waals surface area contributed by atoms with Crippen molar-refractivity contribution in [3.05, 3.63) is 77.3 Å². The molecule has 1 N–H and O–H groups in total. The Balaban J connectivity index is 1.48. The Hall–Kier alpha value is -3.25. The van der Waals surface area contributed by atoms with Crippen molar-refractivity contribution < 1.29 is 22.8 Å². The highest BCUT2D eigenvalue weighted by molar-refractivity contribution is 9.10. The second-order valence-electron chi connectivity index (χ2n) is 7.99. The first-order chi connectivity index (χ1) is 16.6. The van der Waals surface area contributed by atoms with Crippen LogP contribution in [0.1, 0.15) is 28.8 Å². The Morgan fingerprint density at radius 2 is 1.86 bits per heavy atom. The lowest BCUT2D eigenvalue weighted by Gasteiger charge is -2.12. The number of ether oxygens (including phenoxy) is 1. The number of aromatic amines is 1. The highest BCUT2D eigenvalue weighted by Gasteiger charge is 2.33. The van der Waals surface area contributed by atoms with Gasteiger partial charge in [-0.1, -0.05) is 0 Å². The molecule has 35 heavy (non-hydrogen) atoms. The molecule has 7 nitrogen and oxygen atoms in total. The van der Waals surface area contributed by atoms with Gasteiger partial charge in [-0.05, 0) is 77.5 Å². The van der Waals surface area contributed by atoms with Gasteiger partial charge in [0.25, 0.3) is 5.56 Å². The van der Waals surface area contributed by atoms with Crippen molar-refractivity contribution in [3.8, 4) is 22.9 Å². The van der Waals surface area contributed by atoms with Crippen molar-refractivity contribution >= 4 is 43.2 Å². The van der Waals surface area contributed by atoms with Crippen LogP contribution >= 0.6 is 27.3 Å². The summed E-state index contributed by atoms with van der Waals surface area (Å²) in [5.41, 5.74) is -0.516. The molecule has 1 aliphatic rings. The topological polar surface area (TPSA) is 98.1 Å². The van der Waals surface area contributed by atoms with Crippen LogP contribution in [0.4, 0.5) is 18.9 Å². The lowest BCUT2D eigenvalue weighted by Crippen LogP contribution is -2.11. The normalized spacial score (nSPS) is 13.6. The molecule has 0 atom stereocenters. The van der Waals surface area contributed by atoms with Crippen molar-refractivity contribution in [2.24, 2.45) is 0 Å². The Morgan fingerprint density at radius 3 is 2.57 bits per heavy atom. The molecule has 0 aliphatic heterocycles. The number of benzene rings is 2. The first-order valence-electron chi connectivity index (χ1n) is 10.5. The Bertz CT molecular complexity index is 1550. The van der Waals surface area contributed by atoms with Crippen LogP contribution in [0.15, 0.2) is 45.7 Å². The molecular formula is C23H15BrF3N3O4S. The number of H-pyrrole nitrogens is 1. The fraction of sp³-hybridized carbons (Fsp3) is 0.217. The van der Waals surface area contributed by atoms with Gasteiger partial charge in [-0.25, -0.2) is 4.98 Å². The first kappa shape index (κ1) is 23.5. The van der Waals surface area contributed by atoms with E-state index in [1.54, 1.807) is 12.1 Å². The van der Waals surface area contributed by atoms with Crippen molar-refractivity contribution in [2.45, 2.75) is 31.9 Å². The number of nitrogens with one attached hydrogen (secondary N) is 1. The number of nitro groups is 1. The van der Waals surface area contributed by atoms with Gasteiger partial charge < -0.3 is 9.72 Å². The molecule has 2 aromatic carbocycles. The summed E-state index contributed by atoms with van der Waals surface area (Å²) in [5.74, 6) is 0.161. The van der Waals surface area contributed by atoms with E-state index in [4.69, 9.17) is 4.74 Å². The quantitative estimate of drug-likeness (QED) is 0.212. The summed E-state index contributed by atoms with van der Waals surface area (Å²) in [6, 6.07) is 6.77. The largest absolute Gasteiger partial charge is 0.449 e. The number of thiophene rings is 1. The minimum Gasteiger partial charge on any atom is -0.449 e. The average molecular weight is 566 g/mol. The number of rotatable bonds is 4. The predicted octanol–water partition coefficient (Wildman–Crippen LogP) is 7.01. The van der Waals surface area contributed by atoms with Crippen LogP contribution in [0.2, 0.25) is 0 Å². The second-order valence-corrected chi connectivity index (χ2v) is 9.93. The fourth-order valence-corrected chi connectivity index (χ4v) is 5.79. The van der Waals surface area contributed by atoms with Gasteiger partial charge in [-0.15, -0.1) is 11.3 Å². The third kappa shape index (κ3) is 4.43. The minimum atomic E-state index is -4.72. The van der Waals surface area contributed by atoms with E-state index in [2.05, 4.69) is 25.9 Å². The average Bonchev–Trinajstić information content (AvgIpc) is 3.18. The molecule has 12 heteroatoms. The molecule has 0 saturated heterocycles. The van der Waals surface area contributed by atoms with E-state index in [0.29, 0.717) is 32.1 Å². The molecule has 0 amide bonds.